The molecule has 1 heterocycles. The number of amides is 1. The van der Waals surface area contributed by atoms with Crippen molar-refractivity contribution < 1.29 is 19.8 Å². The third-order valence-corrected chi connectivity index (χ3v) is 2.09. The van der Waals surface area contributed by atoms with Crippen LogP contribution in [0.5, 0.6) is 0 Å². The van der Waals surface area contributed by atoms with Crippen molar-refractivity contribution in [3.63, 3.8) is 0 Å². The molecule has 0 aromatic carbocycles. The van der Waals surface area contributed by atoms with Crippen molar-refractivity contribution in [2.75, 3.05) is 6.61 Å². The standard InChI is InChI=1S/C10H12N2O5/c1-5-2-3-6(8(14)11-5)9(15)12-7(4-13)10(16)17/h2-3,7,13H,4H2,1H3,(H,11,14)(H,12,15)(H,16,17)/t7-/m0/s1. The second-order valence-electron chi connectivity index (χ2n) is 3.43. The number of carboxylic acids is 1. The molecule has 0 saturated heterocycles. The largest absolute Gasteiger partial charge is 0.480 e. The maximum atomic E-state index is 11.5. The number of hydrogen-bond acceptors (Lipinski definition) is 4. The molecule has 7 nitrogen and oxygen atoms in total. The van der Waals surface area contributed by atoms with Crippen LogP contribution in [0.2, 0.25) is 0 Å². The lowest BCUT2D eigenvalue weighted by atomic mass is 10.2. The normalized spacial score (nSPS) is 11.9. The molecule has 1 atom stereocenters. The summed E-state index contributed by atoms with van der Waals surface area (Å²) >= 11 is 0. The third-order valence-electron chi connectivity index (χ3n) is 2.09. The minimum Gasteiger partial charge on any atom is -0.480 e. The first kappa shape index (κ1) is 12.9. The van der Waals surface area contributed by atoms with Crippen LogP contribution in [0.3, 0.4) is 0 Å². The monoisotopic (exact) mass is 240 g/mol. The molecular formula is C10H12N2O5. The van der Waals surface area contributed by atoms with E-state index in [0.29, 0.717) is 5.69 Å². The Bertz CT molecular complexity index is 494. The van der Waals surface area contributed by atoms with Crippen LogP contribution in [0.25, 0.3) is 0 Å². The van der Waals surface area contributed by atoms with Crippen molar-refractivity contribution in [1.82, 2.24) is 10.3 Å². The minimum absolute atomic E-state index is 0.199. The number of aliphatic hydroxyl groups is 1. The third kappa shape index (κ3) is 3.15. The highest BCUT2D eigenvalue weighted by molar-refractivity contribution is 5.96. The predicted octanol–water partition coefficient (Wildman–Crippen LogP) is -1.14. The summed E-state index contributed by atoms with van der Waals surface area (Å²) in [5.74, 6) is -2.21. The zero-order valence-corrected chi connectivity index (χ0v) is 9.06. The lowest BCUT2D eigenvalue weighted by Gasteiger charge is -2.11. The summed E-state index contributed by atoms with van der Waals surface area (Å²) in [5.41, 5.74) is -0.219. The predicted molar refractivity (Wildman–Crippen MR) is 57.8 cm³/mol. The minimum atomic E-state index is -1.43. The van der Waals surface area contributed by atoms with Gasteiger partial charge in [0.05, 0.1) is 6.61 Å². The van der Waals surface area contributed by atoms with Gasteiger partial charge in [-0.1, -0.05) is 0 Å². The first-order valence-electron chi connectivity index (χ1n) is 4.80. The van der Waals surface area contributed by atoms with Crippen molar-refractivity contribution in [2.45, 2.75) is 13.0 Å². The zero-order valence-electron chi connectivity index (χ0n) is 9.06. The number of aromatic nitrogens is 1. The second kappa shape index (κ2) is 5.26. The van der Waals surface area contributed by atoms with E-state index < -0.39 is 30.1 Å². The maximum Gasteiger partial charge on any atom is 0.328 e. The molecule has 1 amide bonds. The SMILES string of the molecule is Cc1ccc(C(=O)N[C@@H](CO)C(=O)O)c(=O)[nH]1. The molecule has 0 aliphatic carbocycles. The number of aliphatic hydroxyl groups excluding tert-OH is 1. The molecule has 92 valence electrons. The molecule has 0 aliphatic heterocycles. The van der Waals surface area contributed by atoms with E-state index in [9.17, 15) is 14.4 Å². The van der Waals surface area contributed by atoms with Gasteiger partial charge in [0.15, 0.2) is 6.04 Å². The number of aryl methyl sites for hydroxylation is 1. The highest BCUT2D eigenvalue weighted by Gasteiger charge is 2.20. The van der Waals surface area contributed by atoms with Gasteiger partial charge in [-0.05, 0) is 19.1 Å². The molecule has 4 N–H and O–H groups in total. The number of carbonyl (C=O) groups is 2. The smallest absolute Gasteiger partial charge is 0.328 e. The number of carboxylic acid groups (broad SMARTS) is 1. The molecule has 0 saturated carbocycles. The van der Waals surface area contributed by atoms with E-state index in [1.54, 1.807) is 6.92 Å². The summed E-state index contributed by atoms with van der Waals surface area (Å²) in [6.07, 6.45) is 0. The quantitative estimate of drug-likeness (QED) is 0.530. The van der Waals surface area contributed by atoms with Crippen molar-refractivity contribution in [2.24, 2.45) is 0 Å². The van der Waals surface area contributed by atoms with Gasteiger partial charge in [0.2, 0.25) is 0 Å². The van der Waals surface area contributed by atoms with Crippen molar-refractivity contribution in [3.8, 4) is 0 Å². The molecule has 1 aromatic rings. The number of aliphatic carboxylic acids is 1. The Balaban J connectivity index is 2.90. The molecule has 0 radical (unpaired) electrons. The zero-order chi connectivity index (χ0) is 13.0. The Morgan fingerprint density at radius 3 is 2.59 bits per heavy atom. The number of pyridine rings is 1. The number of hydrogen-bond donors (Lipinski definition) is 4. The van der Waals surface area contributed by atoms with Crippen LogP contribution < -0.4 is 10.9 Å². The van der Waals surface area contributed by atoms with Gasteiger partial charge in [0.1, 0.15) is 5.56 Å². The molecule has 7 heteroatoms. The Morgan fingerprint density at radius 1 is 1.47 bits per heavy atom. The average molecular weight is 240 g/mol. The van der Waals surface area contributed by atoms with Crippen LogP contribution in [-0.2, 0) is 4.79 Å². The Hall–Kier alpha value is -2.15. The van der Waals surface area contributed by atoms with E-state index in [4.69, 9.17) is 10.2 Å². The number of rotatable bonds is 4. The van der Waals surface area contributed by atoms with E-state index in [0.717, 1.165) is 0 Å². The lowest BCUT2D eigenvalue weighted by Crippen LogP contribution is -2.44. The van der Waals surface area contributed by atoms with Crippen molar-refractivity contribution in [3.05, 3.63) is 33.7 Å². The van der Waals surface area contributed by atoms with Crippen LogP contribution in [0, 0.1) is 6.92 Å². The van der Waals surface area contributed by atoms with Crippen LogP contribution >= 0.6 is 0 Å². The summed E-state index contributed by atoms with van der Waals surface area (Å²) in [5, 5.41) is 19.4. The van der Waals surface area contributed by atoms with E-state index in [1.165, 1.54) is 12.1 Å². The molecular weight excluding hydrogens is 228 g/mol. The van der Waals surface area contributed by atoms with E-state index in [1.807, 2.05) is 5.32 Å². The van der Waals surface area contributed by atoms with Crippen molar-refractivity contribution >= 4 is 11.9 Å². The topological polar surface area (TPSA) is 119 Å². The van der Waals surface area contributed by atoms with E-state index in [2.05, 4.69) is 4.98 Å². The van der Waals surface area contributed by atoms with Crippen molar-refractivity contribution in [1.29, 1.82) is 0 Å². The Morgan fingerprint density at radius 2 is 2.12 bits per heavy atom. The highest BCUT2D eigenvalue weighted by Crippen LogP contribution is 1.95. The van der Waals surface area contributed by atoms with Gasteiger partial charge in [-0.3, -0.25) is 9.59 Å². The number of aromatic amines is 1. The summed E-state index contributed by atoms with van der Waals surface area (Å²) < 4.78 is 0. The Kier molecular flexibility index (Phi) is 4.00. The van der Waals surface area contributed by atoms with Gasteiger partial charge in [-0.2, -0.15) is 0 Å². The molecule has 0 bridgehead atoms. The number of carbonyl (C=O) groups excluding carboxylic acids is 1. The average Bonchev–Trinajstić information content (AvgIpc) is 2.24. The van der Waals surface area contributed by atoms with E-state index in [-0.39, 0.29) is 5.56 Å². The second-order valence-corrected chi connectivity index (χ2v) is 3.43. The molecule has 0 unspecified atom stereocenters. The first-order valence-corrected chi connectivity index (χ1v) is 4.80. The molecule has 17 heavy (non-hydrogen) atoms. The maximum absolute atomic E-state index is 11.5. The van der Waals surface area contributed by atoms with Gasteiger partial charge in [0.25, 0.3) is 11.5 Å². The fraction of sp³-hybridized carbons (Fsp3) is 0.300. The summed E-state index contributed by atoms with van der Waals surface area (Å²) in [6.45, 7) is 0.904. The van der Waals surface area contributed by atoms with Gasteiger partial charge in [0, 0.05) is 5.69 Å². The fourth-order valence-electron chi connectivity index (χ4n) is 1.17. The van der Waals surface area contributed by atoms with Gasteiger partial charge in [-0.25, -0.2) is 4.79 Å². The molecule has 0 aliphatic rings. The molecule has 1 aromatic heterocycles. The van der Waals surface area contributed by atoms with Gasteiger partial charge >= 0.3 is 5.97 Å². The van der Waals surface area contributed by atoms with Gasteiger partial charge < -0.3 is 20.5 Å². The molecule has 1 rings (SSSR count). The summed E-state index contributed by atoms with van der Waals surface area (Å²) in [6, 6.07) is 1.38. The Labute approximate surface area is 96.1 Å². The number of H-pyrrole nitrogens is 1. The summed E-state index contributed by atoms with van der Waals surface area (Å²) in [7, 11) is 0. The van der Waals surface area contributed by atoms with Crippen LogP contribution in [-0.4, -0.2) is 39.7 Å². The lowest BCUT2D eigenvalue weighted by molar-refractivity contribution is -0.140. The van der Waals surface area contributed by atoms with Crippen LogP contribution in [0.4, 0.5) is 0 Å². The molecule has 0 fully saturated rings. The van der Waals surface area contributed by atoms with Crippen LogP contribution in [0.15, 0.2) is 16.9 Å². The van der Waals surface area contributed by atoms with E-state index >= 15 is 0 Å². The summed E-state index contributed by atoms with van der Waals surface area (Å²) in [4.78, 5) is 35.9. The number of nitrogens with one attached hydrogen (secondary N) is 2. The fourth-order valence-corrected chi connectivity index (χ4v) is 1.17. The molecule has 0 spiro atoms. The first-order chi connectivity index (χ1) is 7.95. The van der Waals surface area contributed by atoms with Gasteiger partial charge in [-0.15, -0.1) is 0 Å². The highest BCUT2D eigenvalue weighted by atomic mass is 16.4. The van der Waals surface area contributed by atoms with Crippen LogP contribution in [0.1, 0.15) is 16.1 Å².